The standard InChI is InChI=1S/C11H13N3O/c1-11(15)5-6-14(8-11)10-4-2-3-9(7-12)13-10/h2-4,15H,5-6,8H2,1H3. The van der Waals surface area contributed by atoms with E-state index in [0.29, 0.717) is 12.2 Å². The van der Waals surface area contributed by atoms with Gasteiger partial charge in [-0.1, -0.05) is 6.07 Å². The third-order valence-electron chi connectivity index (χ3n) is 2.62. The predicted molar refractivity (Wildman–Crippen MR) is 56.4 cm³/mol. The van der Waals surface area contributed by atoms with Gasteiger partial charge in [-0.15, -0.1) is 0 Å². The Hall–Kier alpha value is -1.60. The lowest BCUT2D eigenvalue weighted by Gasteiger charge is -2.19. The number of pyridine rings is 1. The summed E-state index contributed by atoms with van der Waals surface area (Å²) >= 11 is 0. The molecule has 15 heavy (non-hydrogen) atoms. The van der Waals surface area contributed by atoms with Crippen LogP contribution in [0.3, 0.4) is 0 Å². The smallest absolute Gasteiger partial charge is 0.142 e. The summed E-state index contributed by atoms with van der Waals surface area (Å²) in [5.74, 6) is 0.770. The van der Waals surface area contributed by atoms with Crippen molar-refractivity contribution in [2.45, 2.75) is 18.9 Å². The van der Waals surface area contributed by atoms with E-state index < -0.39 is 5.60 Å². The fourth-order valence-electron chi connectivity index (χ4n) is 1.80. The second-order valence-electron chi connectivity index (χ2n) is 4.16. The van der Waals surface area contributed by atoms with E-state index in [-0.39, 0.29) is 0 Å². The first-order chi connectivity index (χ1) is 7.11. The number of nitrogens with zero attached hydrogens (tertiary/aromatic N) is 3. The van der Waals surface area contributed by atoms with Crippen LogP contribution in [-0.2, 0) is 0 Å². The second kappa shape index (κ2) is 3.52. The van der Waals surface area contributed by atoms with Crippen molar-refractivity contribution in [3.63, 3.8) is 0 Å². The molecule has 1 unspecified atom stereocenters. The average Bonchev–Trinajstić information content (AvgIpc) is 2.59. The second-order valence-corrected chi connectivity index (χ2v) is 4.16. The fraction of sp³-hybridized carbons (Fsp3) is 0.455. The van der Waals surface area contributed by atoms with E-state index >= 15 is 0 Å². The van der Waals surface area contributed by atoms with Gasteiger partial charge in [0.15, 0.2) is 0 Å². The number of β-amino-alcohol motifs (C(OH)–C–C–N with tert-alkyl or cyclic N) is 1. The van der Waals surface area contributed by atoms with Gasteiger partial charge in [0, 0.05) is 13.1 Å². The molecule has 0 spiro atoms. The molecule has 0 aliphatic carbocycles. The van der Waals surface area contributed by atoms with Gasteiger partial charge >= 0.3 is 0 Å². The van der Waals surface area contributed by atoms with Crippen molar-refractivity contribution in [1.29, 1.82) is 5.26 Å². The van der Waals surface area contributed by atoms with Gasteiger partial charge in [-0.3, -0.25) is 0 Å². The molecule has 2 heterocycles. The number of anilines is 1. The molecule has 2 rings (SSSR count). The van der Waals surface area contributed by atoms with E-state index in [1.54, 1.807) is 6.07 Å². The highest BCUT2D eigenvalue weighted by Crippen LogP contribution is 2.24. The van der Waals surface area contributed by atoms with E-state index in [4.69, 9.17) is 5.26 Å². The monoisotopic (exact) mass is 203 g/mol. The Morgan fingerprint density at radius 2 is 2.40 bits per heavy atom. The van der Waals surface area contributed by atoms with Gasteiger partial charge in [-0.05, 0) is 25.5 Å². The molecule has 1 aromatic rings. The molecule has 1 aromatic heterocycles. The molecule has 1 saturated heterocycles. The summed E-state index contributed by atoms with van der Waals surface area (Å²) in [6, 6.07) is 7.37. The van der Waals surface area contributed by atoms with Crippen molar-refractivity contribution >= 4 is 5.82 Å². The minimum atomic E-state index is -0.635. The molecular formula is C11H13N3O. The van der Waals surface area contributed by atoms with Crippen LogP contribution in [0.25, 0.3) is 0 Å². The van der Waals surface area contributed by atoms with E-state index in [1.165, 1.54) is 0 Å². The molecule has 0 radical (unpaired) electrons. The van der Waals surface area contributed by atoms with Crippen LogP contribution in [0, 0.1) is 11.3 Å². The van der Waals surface area contributed by atoms with E-state index in [0.717, 1.165) is 18.8 Å². The van der Waals surface area contributed by atoms with E-state index in [1.807, 2.05) is 30.0 Å². The molecular weight excluding hydrogens is 190 g/mol. The van der Waals surface area contributed by atoms with Gasteiger partial charge in [-0.2, -0.15) is 5.26 Å². The van der Waals surface area contributed by atoms with Crippen LogP contribution in [0.5, 0.6) is 0 Å². The van der Waals surface area contributed by atoms with Gasteiger partial charge < -0.3 is 10.0 Å². The summed E-state index contributed by atoms with van der Waals surface area (Å²) in [6.07, 6.45) is 0.742. The summed E-state index contributed by atoms with van der Waals surface area (Å²) in [5.41, 5.74) is -0.219. The maximum Gasteiger partial charge on any atom is 0.142 e. The Bertz CT molecular complexity index is 409. The number of rotatable bonds is 1. The highest BCUT2D eigenvalue weighted by Gasteiger charge is 2.31. The number of hydrogen-bond donors (Lipinski definition) is 1. The molecule has 0 aromatic carbocycles. The lowest BCUT2D eigenvalue weighted by Crippen LogP contribution is -2.30. The largest absolute Gasteiger partial charge is 0.388 e. The first-order valence-electron chi connectivity index (χ1n) is 4.95. The highest BCUT2D eigenvalue weighted by molar-refractivity contribution is 5.43. The zero-order valence-corrected chi connectivity index (χ0v) is 8.64. The van der Waals surface area contributed by atoms with Crippen LogP contribution in [0.1, 0.15) is 19.0 Å². The minimum Gasteiger partial charge on any atom is -0.388 e. The fourth-order valence-corrected chi connectivity index (χ4v) is 1.80. The molecule has 1 fully saturated rings. The maximum atomic E-state index is 9.82. The third kappa shape index (κ3) is 2.08. The SMILES string of the molecule is CC1(O)CCN(c2cccc(C#N)n2)C1. The summed E-state index contributed by atoms with van der Waals surface area (Å²) < 4.78 is 0. The summed E-state index contributed by atoms with van der Waals surface area (Å²) in [7, 11) is 0. The first-order valence-corrected chi connectivity index (χ1v) is 4.95. The lowest BCUT2D eigenvalue weighted by molar-refractivity contribution is 0.0839. The van der Waals surface area contributed by atoms with Crippen LogP contribution in [0.4, 0.5) is 5.82 Å². The summed E-state index contributed by atoms with van der Waals surface area (Å²) in [5, 5.41) is 18.5. The minimum absolute atomic E-state index is 0.416. The van der Waals surface area contributed by atoms with Crippen LogP contribution in [-0.4, -0.2) is 28.8 Å². The van der Waals surface area contributed by atoms with Gasteiger partial charge in [0.05, 0.1) is 5.60 Å². The quantitative estimate of drug-likeness (QED) is 0.737. The number of aliphatic hydroxyl groups is 1. The number of aromatic nitrogens is 1. The van der Waals surface area contributed by atoms with Crippen LogP contribution < -0.4 is 4.90 Å². The molecule has 4 nitrogen and oxygen atoms in total. The van der Waals surface area contributed by atoms with Crippen molar-refractivity contribution in [2.75, 3.05) is 18.0 Å². The van der Waals surface area contributed by atoms with Crippen molar-refractivity contribution in [3.8, 4) is 6.07 Å². The summed E-state index contributed by atoms with van der Waals surface area (Å²) in [6.45, 7) is 3.19. The Kier molecular flexibility index (Phi) is 2.33. The zero-order valence-electron chi connectivity index (χ0n) is 8.64. The molecule has 4 heteroatoms. The highest BCUT2D eigenvalue weighted by atomic mass is 16.3. The number of hydrogen-bond acceptors (Lipinski definition) is 4. The normalized spacial score (nSPS) is 25.3. The van der Waals surface area contributed by atoms with Crippen molar-refractivity contribution in [1.82, 2.24) is 4.98 Å². The first kappa shape index (κ1) is 9.94. The molecule has 1 N–H and O–H groups in total. The Balaban J connectivity index is 2.21. The predicted octanol–water partition coefficient (Wildman–Crippen LogP) is 0.914. The molecule has 1 aliphatic heterocycles. The van der Waals surface area contributed by atoms with E-state index in [2.05, 4.69) is 4.98 Å². The molecule has 0 amide bonds. The van der Waals surface area contributed by atoms with Crippen molar-refractivity contribution in [3.05, 3.63) is 23.9 Å². The number of nitriles is 1. The van der Waals surface area contributed by atoms with Gasteiger partial charge in [0.1, 0.15) is 17.6 Å². The lowest BCUT2D eigenvalue weighted by atomic mass is 10.1. The van der Waals surface area contributed by atoms with Crippen molar-refractivity contribution < 1.29 is 5.11 Å². The Morgan fingerprint density at radius 1 is 1.60 bits per heavy atom. The van der Waals surface area contributed by atoms with Crippen molar-refractivity contribution in [2.24, 2.45) is 0 Å². The van der Waals surface area contributed by atoms with Gasteiger partial charge in [-0.25, -0.2) is 4.98 Å². The summed E-state index contributed by atoms with van der Waals surface area (Å²) in [4.78, 5) is 6.19. The Labute approximate surface area is 88.8 Å². The van der Waals surface area contributed by atoms with E-state index in [9.17, 15) is 5.11 Å². The third-order valence-corrected chi connectivity index (χ3v) is 2.62. The zero-order chi connectivity index (χ0) is 10.9. The molecule has 0 saturated carbocycles. The molecule has 0 bridgehead atoms. The Morgan fingerprint density at radius 3 is 3.00 bits per heavy atom. The molecule has 78 valence electrons. The molecule has 1 aliphatic rings. The van der Waals surface area contributed by atoms with Crippen LogP contribution in [0.15, 0.2) is 18.2 Å². The van der Waals surface area contributed by atoms with Crippen LogP contribution >= 0.6 is 0 Å². The maximum absolute atomic E-state index is 9.82. The average molecular weight is 203 g/mol. The van der Waals surface area contributed by atoms with Gasteiger partial charge in [0.2, 0.25) is 0 Å². The van der Waals surface area contributed by atoms with Crippen LogP contribution in [0.2, 0.25) is 0 Å². The van der Waals surface area contributed by atoms with Gasteiger partial charge in [0.25, 0.3) is 0 Å². The topological polar surface area (TPSA) is 60.1 Å². The molecule has 1 atom stereocenters.